The molecule has 114 valence electrons. The van der Waals surface area contributed by atoms with Gasteiger partial charge in [0, 0.05) is 31.3 Å². The molecule has 5 nitrogen and oxygen atoms in total. The highest BCUT2D eigenvalue weighted by molar-refractivity contribution is 5.70. The van der Waals surface area contributed by atoms with Crippen LogP contribution in [0.5, 0.6) is 0 Å². The molecular formula is C16H25N5. The molecule has 0 amide bonds. The molecule has 0 aromatic carbocycles. The standard InChI is InChI=1S/C16H25N5/c1-3-9-21-11-13(10-18-21)14-15(17)20(2)16(19-14)12-7-5-4-6-8-12/h10-12H,3-9,17H2,1-2H3. The number of imidazole rings is 1. The van der Waals surface area contributed by atoms with E-state index in [-0.39, 0.29) is 0 Å². The maximum Gasteiger partial charge on any atom is 0.131 e. The summed E-state index contributed by atoms with van der Waals surface area (Å²) in [5.74, 6) is 2.46. The monoisotopic (exact) mass is 287 g/mol. The van der Waals surface area contributed by atoms with Crippen molar-refractivity contribution in [2.24, 2.45) is 7.05 Å². The van der Waals surface area contributed by atoms with E-state index in [0.29, 0.717) is 5.92 Å². The van der Waals surface area contributed by atoms with Gasteiger partial charge in [0.15, 0.2) is 0 Å². The molecule has 0 aliphatic heterocycles. The smallest absolute Gasteiger partial charge is 0.131 e. The number of nitrogens with zero attached hydrogens (tertiary/aromatic N) is 4. The summed E-state index contributed by atoms with van der Waals surface area (Å²) in [6.07, 6.45) is 11.4. The Morgan fingerprint density at radius 1 is 1.29 bits per heavy atom. The van der Waals surface area contributed by atoms with E-state index in [0.717, 1.165) is 35.9 Å². The summed E-state index contributed by atoms with van der Waals surface area (Å²) in [7, 11) is 2.03. The second kappa shape index (κ2) is 5.92. The van der Waals surface area contributed by atoms with E-state index < -0.39 is 0 Å². The fraction of sp³-hybridized carbons (Fsp3) is 0.625. The van der Waals surface area contributed by atoms with Crippen molar-refractivity contribution < 1.29 is 0 Å². The van der Waals surface area contributed by atoms with Crippen molar-refractivity contribution in [3.8, 4) is 11.3 Å². The van der Waals surface area contributed by atoms with E-state index in [2.05, 4.69) is 16.6 Å². The van der Waals surface area contributed by atoms with Gasteiger partial charge in [-0.25, -0.2) is 4.98 Å². The van der Waals surface area contributed by atoms with Gasteiger partial charge in [-0.1, -0.05) is 26.2 Å². The fourth-order valence-electron chi connectivity index (χ4n) is 3.30. The number of aryl methyl sites for hydroxylation is 1. The van der Waals surface area contributed by atoms with Crippen LogP contribution in [0.2, 0.25) is 0 Å². The number of hydrogen-bond donors (Lipinski definition) is 1. The summed E-state index contributed by atoms with van der Waals surface area (Å²) in [6.45, 7) is 3.08. The van der Waals surface area contributed by atoms with E-state index in [1.54, 1.807) is 0 Å². The number of nitrogen functional groups attached to an aromatic ring is 1. The van der Waals surface area contributed by atoms with Gasteiger partial charge in [-0.2, -0.15) is 5.10 Å². The first-order chi connectivity index (χ1) is 10.2. The Hall–Kier alpha value is -1.78. The Morgan fingerprint density at radius 3 is 2.76 bits per heavy atom. The fourth-order valence-corrected chi connectivity index (χ4v) is 3.30. The third-order valence-electron chi connectivity index (χ3n) is 4.50. The molecule has 2 aromatic heterocycles. The van der Waals surface area contributed by atoms with E-state index in [4.69, 9.17) is 10.7 Å². The zero-order valence-corrected chi connectivity index (χ0v) is 13.0. The molecule has 1 aliphatic rings. The second-order valence-electron chi connectivity index (χ2n) is 6.09. The highest BCUT2D eigenvalue weighted by Crippen LogP contribution is 2.35. The third-order valence-corrected chi connectivity index (χ3v) is 4.50. The Bertz CT molecular complexity index is 604. The van der Waals surface area contributed by atoms with Gasteiger partial charge < -0.3 is 10.3 Å². The lowest BCUT2D eigenvalue weighted by atomic mass is 9.89. The van der Waals surface area contributed by atoms with Crippen LogP contribution in [-0.4, -0.2) is 19.3 Å². The van der Waals surface area contributed by atoms with Crippen LogP contribution in [0.25, 0.3) is 11.3 Å². The molecule has 3 rings (SSSR count). The molecular weight excluding hydrogens is 262 g/mol. The maximum absolute atomic E-state index is 6.29. The van der Waals surface area contributed by atoms with Gasteiger partial charge in [-0.3, -0.25) is 4.68 Å². The van der Waals surface area contributed by atoms with E-state index in [1.165, 1.54) is 32.1 Å². The van der Waals surface area contributed by atoms with Crippen molar-refractivity contribution in [1.29, 1.82) is 0 Å². The van der Waals surface area contributed by atoms with Gasteiger partial charge >= 0.3 is 0 Å². The number of hydrogen-bond acceptors (Lipinski definition) is 3. The molecule has 0 saturated heterocycles. The van der Waals surface area contributed by atoms with E-state index >= 15 is 0 Å². The second-order valence-corrected chi connectivity index (χ2v) is 6.09. The molecule has 1 aliphatic carbocycles. The minimum atomic E-state index is 0.561. The van der Waals surface area contributed by atoms with Gasteiger partial charge in [0.2, 0.25) is 0 Å². The lowest BCUT2D eigenvalue weighted by molar-refractivity contribution is 0.422. The van der Waals surface area contributed by atoms with Crippen LogP contribution < -0.4 is 5.73 Å². The Balaban J connectivity index is 1.91. The van der Waals surface area contributed by atoms with Crippen molar-refractivity contribution >= 4 is 5.82 Å². The number of anilines is 1. The largest absolute Gasteiger partial charge is 0.383 e. The van der Waals surface area contributed by atoms with Crippen LogP contribution in [0.3, 0.4) is 0 Å². The van der Waals surface area contributed by atoms with E-state index in [1.807, 2.05) is 24.1 Å². The molecule has 2 N–H and O–H groups in total. The SMILES string of the molecule is CCCn1cc(-c2nc(C3CCCCC3)n(C)c2N)cn1. The highest BCUT2D eigenvalue weighted by Gasteiger charge is 2.23. The topological polar surface area (TPSA) is 61.7 Å². The summed E-state index contributed by atoms with van der Waals surface area (Å²) >= 11 is 0. The molecule has 1 fully saturated rings. The van der Waals surface area contributed by atoms with Crippen molar-refractivity contribution in [3.63, 3.8) is 0 Å². The molecule has 2 heterocycles. The van der Waals surface area contributed by atoms with Crippen molar-refractivity contribution in [2.45, 2.75) is 57.9 Å². The van der Waals surface area contributed by atoms with Crippen LogP contribution in [0.4, 0.5) is 5.82 Å². The molecule has 5 heteroatoms. The van der Waals surface area contributed by atoms with Gasteiger partial charge in [-0.05, 0) is 19.3 Å². The highest BCUT2D eigenvalue weighted by atomic mass is 15.3. The van der Waals surface area contributed by atoms with Gasteiger partial charge in [0.25, 0.3) is 0 Å². The minimum absolute atomic E-state index is 0.561. The zero-order chi connectivity index (χ0) is 14.8. The molecule has 0 atom stereocenters. The maximum atomic E-state index is 6.29. The molecule has 21 heavy (non-hydrogen) atoms. The van der Waals surface area contributed by atoms with Gasteiger partial charge in [0.05, 0.1) is 6.20 Å². The number of aromatic nitrogens is 4. The molecule has 0 bridgehead atoms. The number of nitrogens with two attached hydrogens (primary N) is 1. The Kier molecular flexibility index (Phi) is 3.99. The lowest BCUT2D eigenvalue weighted by Gasteiger charge is -2.21. The predicted octanol–water partition coefficient (Wildman–Crippen LogP) is 3.32. The molecule has 0 radical (unpaired) electrons. The average Bonchev–Trinajstić information content (AvgIpc) is 3.07. The summed E-state index contributed by atoms with van der Waals surface area (Å²) in [5.41, 5.74) is 8.20. The first kappa shape index (κ1) is 14.2. The normalized spacial score (nSPS) is 16.5. The minimum Gasteiger partial charge on any atom is -0.383 e. The predicted molar refractivity (Wildman–Crippen MR) is 85.0 cm³/mol. The van der Waals surface area contributed by atoms with Gasteiger partial charge in [0.1, 0.15) is 17.3 Å². The first-order valence-electron chi connectivity index (χ1n) is 8.05. The lowest BCUT2D eigenvalue weighted by Crippen LogP contribution is -2.11. The van der Waals surface area contributed by atoms with E-state index in [9.17, 15) is 0 Å². The first-order valence-corrected chi connectivity index (χ1v) is 8.05. The molecule has 1 saturated carbocycles. The van der Waals surface area contributed by atoms with Crippen molar-refractivity contribution in [1.82, 2.24) is 19.3 Å². The molecule has 0 spiro atoms. The number of rotatable bonds is 4. The van der Waals surface area contributed by atoms with Crippen LogP contribution in [0, 0.1) is 0 Å². The van der Waals surface area contributed by atoms with Crippen molar-refractivity contribution in [2.75, 3.05) is 5.73 Å². The summed E-state index contributed by atoms with van der Waals surface area (Å²) in [5, 5.41) is 4.39. The summed E-state index contributed by atoms with van der Waals surface area (Å²) in [4.78, 5) is 4.86. The van der Waals surface area contributed by atoms with Crippen LogP contribution in [-0.2, 0) is 13.6 Å². The van der Waals surface area contributed by atoms with Gasteiger partial charge in [-0.15, -0.1) is 0 Å². The van der Waals surface area contributed by atoms with Crippen LogP contribution in [0.15, 0.2) is 12.4 Å². The molecule has 2 aromatic rings. The quantitative estimate of drug-likeness (QED) is 0.938. The third kappa shape index (κ3) is 2.69. The summed E-state index contributed by atoms with van der Waals surface area (Å²) < 4.78 is 4.03. The Morgan fingerprint density at radius 2 is 2.05 bits per heavy atom. The Labute approximate surface area is 126 Å². The van der Waals surface area contributed by atoms with Crippen LogP contribution >= 0.6 is 0 Å². The van der Waals surface area contributed by atoms with Crippen LogP contribution in [0.1, 0.15) is 57.2 Å². The zero-order valence-electron chi connectivity index (χ0n) is 13.0. The summed E-state index contributed by atoms with van der Waals surface area (Å²) in [6, 6.07) is 0. The van der Waals surface area contributed by atoms with Crippen molar-refractivity contribution in [3.05, 3.63) is 18.2 Å². The molecule has 0 unspecified atom stereocenters. The average molecular weight is 287 g/mol.